The second-order valence-electron chi connectivity index (χ2n) is 8.49. The minimum absolute atomic E-state index is 0.00732. The van der Waals surface area contributed by atoms with E-state index in [0.29, 0.717) is 16.2 Å². The summed E-state index contributed by atoms with van der Waals surface area (Å²) in [6.07, 6.45) is 3.59. The third-order valence-corrected chi connectivity index (χ3v) is 5.64. The fraction of sp³-hybridized carbons (Fsp3) is 0.192. The van der Waals surface area contributed by atoms with Crippen LogP contribution in [-0.2, 0) is 4.74 Å². The van der Waals surface area contributed by atoms with Crippen LogP contribution in [0, 0.1) is 21.4 Å². The Morgan fingerprint density at radius 2 is 1.74 bits per heavy atom. The number of benzene rings is 2. The van der Waals surface area contributed by atoms with Gasteiger partial charge < -0.3 is 4.74 Å². The van der Waals surface area contributed by atoms with Gasteiger partial charge in [-0.25, -0.2) is 9.78 Å². The molecule has 0 aliphatic heterocycles. The molecule has 0 unspecified atom stereocenters. The quantitative estimate of drug-likeness (QED) is 0.228. The van der Waals surface area contributed by atoms with Crippen LogP contribution in [-0.4, -0.2) is 21.5 Å². The van der Waals surface area contributed by atoms with Gasteiger partial charge in [0.05, 0.1) is 16.1 Å². The highest BCUT2D eigenvalue weighted by atomic mass is 32.2. The summed E-state index contributed by atoms with van der Waals surface area (Å²) in [6, 6.07) is 17.2. The smallest absolute Gasteiger partial charge is 0.338 e. The summed E-state index contributed by atoms with van der Waals surface area (Å²) in [5.74, 6) is -0.371. The number of nitriles is 1. The van der Waals surface area contributed by atoms with Crippen molar-refractivity contribution in [2.45, 2.75) is 43.2 Å². The largest absolute Gasteiger partial charge is 0.456 e. The van der Waals surface area contributed by atoms with Crippen molar-refractivity contribution in [3.63, 3.8) is 0 Å². The van der Waals surface area contributed by atoms with Crippen LogP contribution in [0.5, 0.6) is 0 Å². The van der Waals surface area contributed by atoms with E-state index in [0.717, 1.165) is 21.6 Å². The lowest BCUT2D eigenvalue weighted by molar-refractivity contribution is -0.384. The molecule has 3 rings (SSSR count). The molecular formula is C26H23N3O4S. The predicted octanol–water partition coefficient (Wildman–Crippen LogP) is 6.53. The van der Waals surface area contributed by atoms with E-state index in [1.807, 2.05) is 45.9 Å². The van der Waals surface area contributed by atoms with Crippen LogP contribution in [0.2, 0.25) is 0 Å². The van der Waals surface area contributed by atoms with Crippen molar-refractivity contribution >= 4 is 35.1 Å². The van der Waals surface area contributed by atoms with E-state index in [9.17, 15) is 20.2 Å². The molecule has 0 radical (unpaired) electrons. The maximum absolute atomic E-state index is 12.2. The molecule has 0 spiro atoms. The third kappa shape index (κ3) is 6.53. The number of carbonyl (C=O) groups is 1. The number of esters is 1. The van der Waals surface area contributed by atoms with E-state index in [1.54, 1.807) is 36.5 Å². The lowest BCUT2D eigenvalue weighted by Crippen LogP contribution is -2.23. The van der Waals surface area contributed by atoms with Gasteiger partial charge in [-0.1, -0.05) is 23.9 Å². The van der Waals surface area contributed by atoms with Crippen LogP contribution in [0.4, 0.5) is 5.69 Å². The van der Waals surface area contributed by atoms with Crippen molar-refractivity contribution in [3.05, 3.63) is 93.2 Å². The first kappa shape index (κ1) is 24.7. The molecule has 0 fully saturated rings. The number of nitro groups is 1. The highest BCUT2D eigenvalue weighted by molar-refractivity contribution is 7.99. The molecule has 0 aliphatic carbocycles. The molecule has 0 saturated carbocycles. The van der Waals surface area contributed by atoms with Crippen molar-refractivity contribution in [2.75, 3.05) is 0 Å². The standard InChI is InChI=1S/C26H23N3O4S/c1-17(19-5-7-20(8-6-19)25(30)33-26(2,3)4)13-18-14-21(15-27)24(28-16-18)34-23-11-9-22(10-12-23)29(31)32/h5-14,16H,1-4H3/b17-13+. The number of hydrogen-bond acceptors (Lipinski definition) is 7. The van der Waals surface area contributed by atoms with Crippen LogP contribution in [0.25, 0.3) is 11.6 Å². The SMILES string of the molecule is C/C(=C\c1cnc(Sc2ccc([N+](=O)[O-])cc2)c(C#N)c1)c1ccc(C(=O)OC(C)(C)C)cc1. The zero-order valence-electron chi connectivity index (χ0n) is 19.2. The number of carbonyl (C=O) groups excluding carboxylic acids is 1. The molecule has 34 heavy (non-hydrogen) atoms. The van der Waals surface area contributed by atoms with E-state index >= 15 is 0 Å². The van der Waals surface area contributed by atoms with Gasteiger partial charge >= 0.3 is 5.97 Å². The number of aromatic nitrogens is 1. The maximum atomic E-state index is 12.2. The van der Waals surface area contributed by atoms with Crippen molar-refractivity contribution in [1.29, 1.82) is 5.26 Å². The minimum Gasteiger partial charge on any atom is -0.456 e. The van der Waals surface area contributed by atoms with Gasteiger partial charge in [-0.15, -0.1) is 0 Å². The van der Waals surface area contributed by atoms with E-state index in [1.165, 1.54) is 23.9 Å². The number of rotatable bonds is 6. The molecule has 172 valence electrons. The molecule has 3 aromatic rings. The van der Waals surface area contributed by atoms with Gasteiger partial charge in [-0.3, -0.25) is 10.1 Å². The fourth-order valence-corrected chi connectivity index (χ4v) is 3.81. The lowest BCUT2D eigenvalue weighted by Gasteiger charge is -2.19. The Balaban J connectivity index is 1.77. The summed E-state index contributed by atoms with van der Waals surface area (Å²) >= 11 is 1.27. The number of allylic oxidation sites excluding steroid dienone is 1. The van der Waals surface area contributed by atoms with Gasteiger partial charge in [0.2, 0.25) is 0 Å². The average molecular weight is 474 g/mol. The molecule has 1 heterocycles. The molecule has 2 aromatic carbocycles. The van der Waals surface area contributed by atoms with Crippen molar-refractivity contribution in [2.24, 2.45) is 0 Å². The Morgan fingerprint density at radius 3 is 2.29 bits per heavy atom. The Morgan fingerprint density at radius 1 is 1.12 bits per heavy atom. The first-order chi connectivity index (χ1) is 16.1. The minimum atomic E-state index is -0.556. The van der Waals surface area contributed by atoms with Gasteiger partial charge in [0, 0.05) is 23.2 Å². The monoisotopic (exact) mass is 473 g/mol. The number of nitro benzene ring substituents is 1. The van der Waals surface area contributed by atoms with Gasteiger partial charge in [0.25, 0.3) is 5.69 Å². The van der Waals surface area contributed by atoms with Crippen molar-refractivity contribution < 1.29 is 14.5 Å². The molecule has 1 aromatic heterocycles. The summed E-state index contributed by atoms with van der Waals surface area (Å²) in [4.78, 5) is 27.7. The number of nitrogens with zero attached hydrogens (tertiary/aromatic N) is 3. The molecule has 0 aliphatic rings. The van der Waals surface area contributed by atoms with Gasteiger partial charge in [0.1, 0.15) is 16.7 Å². The Hall–Kier alpha value is -3.96. The van der Waals surface area contributed by atoms with Crippen LogP contribution in [0.1, 0.15) is 54.7 Å². The molecule has 0 atom stereocenters. The molecule has 0 saturated heterocycles. The van der Waals surface area contributed by atoms with Gasteiger partial charge in [-0.05, 0) is 80.8 Å². The van der Waals surface area contributed by atoms with E-state index < -0.39 is 10.5 Å². The van der Waals surface area contributed by atoms with Crippen LogP contribution in [0.15, 0.2) is 70.7 Å². The van der Waals surface area contributed by atoms with Crippen LogP contribution in [0.3, 0.4) is 0 Å². The van der Waals surface area contributed by atoms with E-state index in [2.05, 4.69) is 11.1 Å². The second kappa shape index (κ2) is 10.3. The Bertz CT molecular complexity index is 1290. The Labute approximate surface area is 202 Å². The lowest BCUT2D eigenvalue weighted by atomic mass is 10.0. The van der Waals surface area contributed by atoms with Gasteiger partial charge in [0.15, 0.2) is 0 Å². The molecule has 0 amide bonds. The predicted molar refractivity (Wildman–Crippen MR) is 131 cm³/mol. The summed E-state index contributed by atoms with van der Waals surface area (Å²) in [6.45, 7) is 7.41. The van der Waals surface area contributed by atoms with E-state index in [4.69, 9.17) is 4.74 Å². The summed E-state index contributed by atoms with van der Waals surface area (Å²) in [5, 5.41) is 20.9. The van der Waals surface area contributed by atoms with Gasteiger partial charge in [-0.2, -0.15) is 5.26 Å². The first-order valence-corrected chi connectivity index (χ1v) is 11.2. The molecule has 0 N–H and O–H groups in total. The summed E-state index contributed by atoms with van der Waals surface area (Å²) in [5.41, 5.74) is 2.97. The molecule has 8 heteroatoms. The second-order valence-corrected chi connectivity index (χ2v) is 9.56. The fourth-order valence-electron chi connectivity index (χ4n) is 3.00. The number of ether oxygens (including phenoxy) is 1. The van der Waals surface area contributed by atoms with Crippen molar-refractivity contribution in [1.82, 2.24) is 4.98 Å². The highest BCUT2D eigenvalue weighted by Crippen LogP contribution is 2.31. The zero-order valence-corrected chi connectivity index (χ0v) is 20.1. The third-order valence-electron chi connectivity index (χ3n) is 4.61. The maximum Gasteiger partial charge on any atom is 0.338 e. The van der Waals surface area contributed by atoms with Crippen LogP contribution < -0.4 is 0 Å². The summed E-state index contributed by atoms with van der Waals surface area (Å²) in [7, 11) is 0. The number of non-ortho nitro benzene ring substituents is 1. The topological polar surface area (TPSA) is 106 Å². The molecule has 7 nitrogen and oxygen atoms in total. The zero-order chi connectivity index (χ0) is 24.9. The number of pyridine rings is 1. The Kier molecular flexibility index (Phi) is 7.49. The number of hydrogen-bond donors (Lipinski definition) is 0. The summed E-state index contributed by atoms with van der Waals surface area (Å²) < 4.78 is 5.39. The highest BCUT2D eigenvalue weighted by Gasteiger charge is 2.17. The normalized spacial score (nSPS) is 11.6. The molecular weight excluding hydrogens is 450 g/mol. The van der Waals surface area contributed by atoms with Crippen LogP contribution >= 0.6 is 11.8 Å². The average Bonchev–Trinajstić information content (AvgIpc) is 2.79. The van der Waals surface area contributed by atoms with Crippen molar-refractivity contribution in [3.8, 4) is 6.07 Å². The molecule has 0 bridgehead atoms. The van der Waals surface area contributed by atoms with E-state index in [-0.39, 0.29) is 11.7 Å². The first-order valence-electron chi connectivity index (χ1n) is 10.4.